The van der Waals surface area contributed by atoms with Crippen molar-refractivity contribution in [2.45, 2.75) is 33.1 Å². The van der Waals surface area contributed by atoms with Gasteiger partial charge in [-0.05, 0) is 13.3 Å². The van der Waals surface area contributed by atoms with Crippen LogP contribution in [0.3, 0.4) is 0 Å². The Bertz CT molecular complexity index is 464. The standard InChI is InChI=1S/C17H28N2O5/c1-13-12-14(2)19(17(13)22)7-4-16(21)18-6-9-24-11-10-23-8-5-15(3)20/h13H,2,4-12H2,1,3H3,(H,18,21). The fraction of sp³-hybridized carbons (Fsp3) is 0.706. The Morgan fingerprint density at radius 3 is 2.46 bits per heavy atom. The molecule has 0 aliphatic carbocycles. The third-order valence-electron chi connectivity index (χ3n) is 3.71. The quantitative estimate of drug-likeness (QED) is 0.533. The van der Waals surface area contributed by atoms with Crippen molar-refractivity contribution in [1.82, 2.24) is 10.2 Å². The van der Waals surface area contributed by atoms with Crippen molar-refractivity contribution < 1.29 is 23.9 Å². The van der Waals surface area contributed by atoms with Gasteiger partial charge in [-0.3, -0.25) is 14.4 Å². The molecule has 1 fully saturated rings. The number of Topliss-reactive ketones (excluding diaryl/α,β-unsaturated/α-hetero) is 1. The average molecular weight is 340 g/mol. The van der Waals surface area contributed by atoms with Gasteiger partial charge in [0, 0.05) is 37.5 Å². The van der Waals surface area contributed by atoms with Crippen molar-refractivity contribution in [2.24, 2.45) is 5.92 Å². The first kappa shape index (κ1) is 20.3. The Morgan fingerprint density at radius 2 is 1.88 bits per heavy atom. The van der Waals surface area contributed by atoms with Crippen LogP contribution in [0.25, 0.3) is 0 Å². The van der Waals surface area contributed by atoms with Gasteiger partial charge in [-0.15, -0.1) is 0 Å². The minimum Gasteiger partial charge on any atom is -0.379 e. The van der Waals surface area contributed by atoms with E-state index in [1.54, 1.807) is 4.90 Å². The second-order valence-corrected chi connectivity index (χ2v) is 5.94. The predicted molar refractivity (Wildman–Crippen MR) is 89.2 cm³/mol. The van der Waals surface area contributed by atoms with Gasteiger partial charge in [-0.1, -0.05) is 13.5 Å². The summed E-state index contributed by atoms with van der Waals surface area (Å²) >= 11 is 0. The van der Waals surface area contributed by atoms with Crippen LogP contribution in [0, 0.1) is 5.92 Å². The number of ketones is 1. The van der Waals surface area contributed by atoms with Crippen LogP contribution in [0.1, 0.15) is 33.1 Å². The molecule has 1 aliphatic heterocycles. The highest BCUT2D eigenvalue weighted by Gasteiger charge is 2.31. The van der Waals surface area contributed by atoms with Gasteiger partial charge < -0.3 is 19.7 Å². The van der Waals surface area contributed by atoms with Crippen molar-refractivity contribution >= 4 is 17.6 Å². The smallest absolute Gasteiger partial charge is 0.229 e. The Hall–Kier alpha value is -1.73. The maximum atomic E-state index is 11.9. The molecule has 7 nitrogen and oxygen atoms in total. The third-order valence-corrected chi connectivity index (χ3v) is 3.71. The van der Waals surface area contributed by atoms with E-state index in [0.29, 0.717) is 52.4 Å². The Morgan fingerprint density at radius 1 is 1.21 bits per heavy atom. The summed E-state index contributed by atoms with van der Waals surface area (Å²) in [4.78, 5) is 35.9. The van der Waals surface area contributed by atoms with Crippen molar-refractivity contribution in [3.63, 3.8) is 0 Å². The molecule has 7 heteroatoms. The molecule has 1 saturated heterocycles. The number of hydrogen-bond donors (Lipinski definition) is 1. The second kappa shape index (κ2) is 10.9. The normalized spacial score (nSPS) is 17.4. The van der Waals surface area contributed by atoms with Gasteiger partial charge in [0.1, 0.15) is 5.78 Å². The number of nitrogens with zero attached hydrogens (tertiary/aromatic N) is 1. The molecule has 1 heterocycles. The van der Waals surface area contributed by atoms with Crippen LogP contribution in [0.2, 0.25) is 0 Å². The number of likely N-dealkylation sites (tertiary alicyclic amines) is 1. The molecule has 1 atom stereocenters. The van der Waals surface area contributed by atoms with E-state index < -0.39 is 0 Å². The zero-order chi connectivity index (χ0) is 17.9. The van der Waals surface area contributed by atoms with Crippen molar-refractivity contribution in [1.29, 1.82) is 0 Å². The summed E-state index contributed by atoms with van der Waals surface area (Å²) in [5, 5.41) is 2.75. The first-order valence-electron chi connectivity index (χ1n) is 8.32. The molecule has 0 radical (unpaired) electrons. The SMILES string of the molecule is C=C1CC(C)C(=O)N1CCC(=O)NCCOCCOCCC(C)=O. The van der Waals surface area contributed by atoms with E-state index in [0.717, 1.165) is 5.70 Å². The maximum Gasteiger partial charge on any atom is 0.229 e. The van der Waals surface area contributed by atoms with Crippen molar-refractivity contribution in [3.8, 4) is 0 Å². The van der Waals surface area contributed by atoms with Gasteiger partial charge in [-0.25, -0.2) is 0 Å². The van der Waals surface area contributed by atoms with Gasteiger partial charge >= 0.3 is 0 Å². The highest BCUT2D eigenvalue weighted by atomic mass is 16.5. The summed E-state index contributed by atoms with van der Waals surface area (Å²) in [5.41, 5.74) is 0.786. The highest BCUT2D eigenvalue weighted by molar-refractivity contribution is 5.84. The third kappa shape index (κ3) is 7.70. The van der Waals surface area contributed by atoms with Gasteiger partial charge in [0.2, 0.25) is 11.8 Å². The molecular formula is C17H28N2O5. The molecule has 1 rings (SSSR count). The molecule has 24 heavy (non-hydrogen) atoms. The molecule has 0 spiro atoms. The zero-order valence-corrected chi connectivity index (χ0v) is 14.6. The summed E-state index contributed by atoms with van der Waals surface area (Å²) in [5.74, 6) is -0.00344. The molecular weight excluding hydrogens is 312 g/mol. The first-order valence-corrected chi connectivity index (χ1v) is 8.32. The fourth-order valence-electron chi connectivity index (χ4n) is 2.34. The van der Waals surface area contributed by atoms with Crippen LogP contribution in [-0.2, 0) is 23.9 Å². The molecule has 0 bridgehead atoms. The molecule has 0 saturated carbocycles. The van der Waals surface area contributed by atoms with Crippen LogP contribution in [0.5, 0.6) is 0 Å². The molecule has 0 aromatic rings. The van der Waals surface area contributed by atoms with E-state index in [2.05, 4.69) is 11.9 Å². The minimum atomic E-state index is -0.114. The van der Waals surface area contributed by atoms with Crippen LogP contribution in [-0.4, -0.2) is 62.0 Å². The minimum absolute atomic E-state index is 0.0355. The number of amides is 2. The number of nitrogens with one attached hydrogen (secondary N) is 1. The molecule has 136 valence electrons. The number of ether oxygens (including phenoxy) is 2. The topological polar surface area (TPSA) is 84.9 Å². The lowest BCUT2D eigenvalue weighted by atomic mass is 10.1. The van der Waals surface area contributed by atoms with E-state index in [1.807, 2.05) is 6.92 Å². The lowest BCUT2D eigenvalue weighted by Crippen LogP contribution is -2.33. The Balaban J connectivity index is 1.98. The molecule has 2 amide bonds. The van der Waals surface area contributed by atoms with Gasteiger partial charge in [-0.2, -0.15) is 0 Å². The van der Waals surface area contributed by atoms with Crippen molar-refractivity contribution in [2.75, 3.05) is 39.5 Å². The summed E-state index contributed by atoms with van der Waals surface area (Å²) < 4.78 is 10.5. The van der Waals surface area contributed by atoms with E-state index in [-0.39, 0.29) is 29.9 Å². The number of carbonyl (C=O) groups is 3. The van der Waals surface area contributed by atoms with E-state index in [1.165, 1.54) is 6.92 Å². The number of allylic oxidation sites excluding steroid dienone is 1. The molecule has 1 unspecified atom stereocenters. The highest BCUT2D eigenvalue weighted by Crippen LogP contribution is 2.25. The van der Waals surface area contributed by atoms with Gasteiger partial charge in [0.25, 0.3) is 0 Å². The number of rotatable bonds is 12. The Kier molecular flexibility index (Phi) is 9.26. The molecule has 0 aromatic carbocycles. The monoisotopic (exact) mass is 340 g/mol. The molecule has 0 aromatic heterocycles. The van der Waals surface area contributed by atoms with Crippen LogP contribution in [0.15, 0.2) is 12.3 Å². The van der Waals surface area contributed by atoms with E-state index in [9.17, 15) is 14.4 Å². The first-order chi connectivity index (χ1) is 11.4. The van der Waals surface area contributed by atoms with Crippen molar-refractivity contribution in [3.05, 3.63) is 12.3 Å². The largest absolute Gasteiger partial charge is 0.379 e. The summed E-state index contributed by atoms with van der Waals surface area (Å²) in [7, 11) is 0. The molecule has 1 aliphatic rings. The lowest BCUT2D eigenvalue weighted by Gasteiger charge is -2.17. The Labute approximate surface area is 143 Å². The maximum absolute atomic E-state index is 11.9. The van der Waals surface area contributed by atoms with Gasteiger partial charge in [0.05, 0.1) is 26.4 Å². The average Bonchev–Trinajstić information content (AvgIpc) is 2.76. The second-order valence-electron chi connectivity index (χ2n) is 5.94. The summed E-state index contributed by atoms with van der Waals surface area (Å²) in [6.45, 7) is 9.71. The van der Waals surface area contributed by atoms with Crippen LogP contribution < -0.4 is 5.32 Å². The van der Waals surface area contributed by atoms with E-state index >= 15 is 0 Å². The van der Waals surface area contributed by atoms with E-state index in [4.69, 9.17) is 9.47 Å². The number of carbonyl (C=O) groups excluding carboxylic acids is 3. The van der Waals surface area contributed by atoms with Crippen LogP contribution >= 0.6 is 0 Å². The van der Waals surface area contributed by atoms with Crippen LogP contribution in [0.4, 0.5) is 0 Å². The predicted octanol–water partition coefficient (Wildman–Crippen LogP) is 0.887. The summed E-state index contributed by atoms with van der Waals surface area (Å²) in [6, 6.07) is 0. The fourth-order valence-corrected chi connectivity index (χ4v) is 2.34. The lowest BCUT2D eigenvalue weighted by molar-refractivity contribution is -0.130. The molecule has 1 N–H and O–H groups in total. The number of hydrogen-bond acceptors (Lipinski definition) is 5. The summed E-state index contributed by atoms with van der Waals surface area (Å²) in [6.07, 6.45) is 1.34. The zero-order valence-electron chi connectivity index (χ0n) is 14.6. The van der Waals surface area contributed by atoms with Gasteiger partial charge in [0.15, 0.2) is 0 Å².